The average Bonchev–Trinajstić information content (AvgIpc) is 1.57. The van der Waals surface area contributed by atoms with Crippen LogP contribution in [0.2, 0.25) is 0 Å². The van der Waals surface area contributed by atoms with Crippen LogP contribution in [0.5, 0.6) is 5.75 Å². The minimum atomic E-state index is -4.56. The molecule has 13 atom stereocenters. The molecule has 508 valence electrons. The first-order chi connectivity index (χ1) is 44.4. The molecule has 0 bridgehead atoms. The molecule has 9 fully saturated rings. The van der Waals surface area contributed by atoms with Crippen LogP contribution in [0.15, 0.2) is 55.0 Å². The number of hydrogen-bond acceptors (Lipinski definition) is 14. The van der Waals surface area contributed by atoms with Crippen molar-refractivity contribution in [2.24, 2.45) is 35.5 Å². The summed E-state index contributed by atoms with van der Waals surface area (Å²) in [5.74, 6) is 0.752. The van der Waals surface area contributed by atoms with E-state index in [4.69, 9.17) is 27.0 Å². The number of anilines is 3. The molecule has 0 radical (unpaired) electrons. The first kappa shape index (κ1) is 65.6. The molecule has 15 rings (SSSR count). The molecule has 9 heterocycles. The summed E-state index contributed by atoms with van der Waals surface area (Å²) >= 11 is 0. The van der Waals surface area contributed by atoms with Gasteiger partial charge in [0.25, 0.3) is 5.92 Å². The predicted molar refractivity (Wildman–Crippen MR) is 330 cm³/mol. The summed E-state index contributed by atoms with van der Waals surface area (Å²) < 4.78 is 147. The summed E-state index contributed by atoms with van der Waals surface area (Å²) in [7, 11) is 0. The van der Waals surface area contributed by atoms with E-state index in [2.05, 4.69) is 55.6 Å². The first-order valence-electron chi connectivity index (χ1n) is 32.8. The Hall–Kier alpha value is -7.07. The van der Waals surface area contributed by atoms with Gasteiger partial charge < -0.3 is 31.6 Å². The molecule has 94 heavy (non-hydrogen) atoms. The van der Waals surface area contributed by atoms with E-state index in [9.17, 15) is 48.7 Å². The Kier molecular flexibility index (Phi) is 17.1. The molecule has 9 aliphatic rings. The number of rotatable bonds is 14. The lowest BCUT2D eigenvalue weighted by Gasteiger charge is -2.43. The van der Waals surface area contributed by atoms with E-state index in [1.165, 1.54) is 37.5 Å². The number of nitrogens with two attached hydrogens (primary N) is 3. The van der Waals surface area contributed by atoms with E-state index >= 15 is 0 Å². The SMILES string of the molecule is CC(C)n1nc(-c2cnc(N)c(C(F)(F)F)c2)cc1C1[C@H]2CC(N3CCCC3=O)C[C@@H]12.CC(C)n1nc(-c2cnc(N)c(C(F)(F)F)c2)cc1C1[C@H]2CC(N3CCOC[C@H]3C)C[C@@H]12.CC(C)n1nc(-c2cnc(N)c(OC(F)F)c2)cc1C1[C@H]2CC(N3CC(F)(F)C3)C[C@@H]12. The number of fused-ring (bicyclic) bond motifs is 3. The second-order valence-corrected chi connectivity index (χ2v) is 28.3. The lowest BCUT2D eigenvalue weighted by molar-refractivity contribution is -0.146. The van der Waals surface area contributed by atoms with Crippen molar-refractivity contribution < 1.29 is 58.2 Å². The molecule has 6 aliphatic carbocycles. The maximum Gasteiger partial charge on any atom is 0.419 e. The van der Waals surface area contributed by atoms with Crippen molar-refractivity contribution in [3.8, 4) is 39.5 Å². The van der Waals surface area contributed by atoms with Crippen LogP contribution >= 0.6 is 0 Å². The lowest BCUT2D eigenvalue weighted by Crippen LogP contribution is -2.59. The Labute approximate surface area is 538 Å². The summed E-state index contributed by atoms with van der Waals surface area (Å²) in [6, 6.07) is 11.3. The van der Waals surface area contributed by atoms with Gasteiger partial charge in [0, 0.05) is 132 Å². The van der Waals surface area contributed by atoms with Crippen molar-refractivity contribution in [3.63, 3.8) is 0 Å². The Morgan fingerprint density at radius 1 is 0.574 bits per heavy atom. The topological polar surface area (TPSA) is 215 Å². The number of nitrogens with zero attached hydrogens (tertiary/aromatic N) is 12. The Balaban J connectivity index is 0.000000128. The van der Waals surface area contributed by atoms with Crippen LogP contribution in [-0.2, 0) is 21.9 Å². The molecule has 6 N–H and O–H groups in total. The minimum Gasteiger partial charge on any atom is -0.431 e. The molecule has 28 heteroatoms. The van der Waals surface area contributed by atoms with E-state index in [0.717, 1.165) is 87.6 Å². The van der Waals surface area contributed by atoms with Crippen molar-refractivity contribution in [1.82, 2.24) is 59.0 Å². The molecule has 6 aromatic rings. The molecule has 18 nitrogen and oxygen atoms in total. The van der Waals surface area contributed by atoms with Gasteiger partial charge in [0.05, 0.1) is 54.5 Å². The fraction of sp³-hybridized carbons (Fsp3) is 0.621. The lowest BCUT2D eigenvalue weighted by atomic mass is 9.99. The van der Waals surface area contributed by atoms with Gasteiger partial charge in [0.15, 0.2) is 11.6 Å². The maximum absolute atomic E-state index is 13.3. The van der Waals surface area contributed by atoms with Crippen LogP contribution in [0.25, 0.3) is 33.8 Å². The van der Waals surface area contributed by atoms with Crippen LogP contribution in [0.4, 0.5) is 61.4 Å². The summed E-state index contributed by atoms with van der Waals surface area (Å²) in [6.45, 7) is 14.7. The van der Waals surface area contributed by atoms with E-state index in [1.54, 1.807) is 0 Å². The van der Waals surface area contributed by atoms with Gasteiger partial charge >= 0.3 is 19.0 Å². The second kappa shape index (κ2) is 24.5. The standard InChI is InChI=1S/C23H30F3N5O.C22H26F3N5O.C21H25F4N5O/c1-12(2)31-20(9-19(29-31)14-6-18(23(24,25)26)22(27)28-10-14)21-16-7-15(8-17(16)21)30-4-5-32-11-13(30)3;1-11(2)30-18(20-14-7-13(8-15(14)20)29-5-3-4-19(29)31)9-17(28-30)12-6-16(22(23,24)25)21(26)27-10-12;1-10(2)30-16(18-13-4-12(5-14(13)18)29-8-21(24,25)9-29)6-15(28-30)11-3-17(31-20(22)23)19(26)27-7-11/h6,9-10,12-13,15-17,21H,4-5,7-8,11H2,1-3H3,(H2,27,28);6,9-11,13-15,20H,3-5,7-8H2,1-2H3,(H2,26,27);3,6-7,10,12-14,18,20H,4-5,8-9H2,1-2H3,(H2,26,27)/t13-,15?,16-,17+,21?;13?,14-,15+,20?;12?,13-,14+,18?/m1../s1. The zero-order chi connectivity index (χ0) is 66.9. The molecule has 0 aromatic carbocycles. The van der Waals surface area contributed by atoms with Crippen LogP contribution < -0.4 is 21.9 Å². The molecular weight excluding hydrogens is 1240 g/mol. The third kappa shape index (κ3) is 12.7. The minimum absolute atomic E-state index is 0.0878. The van der Waals surface area contributed by atoms with Crippen LogP contribution in [0.1, 0.15) is 164 Å². The number of aromatic nitrogens is 9. The molecule has 6 saturated carbocycles. The fourth-order valence-corrected chi connectivity index (χ4v) is 16.8. The Morgan fingerprint density at radius 2 is 0.979 bits per heavy atom. The van der Waals surface area contributed by atoms with Gasteiger partial charge in [-0.1, -0.05) is 0 Å². The summed E-state index contributed by atoms with van der Waals surface area (Å²) in [4.78, 5) is 30.1. The number of halogens is 10. The summed E-state index contributed by atoms with van der Waals surface area (Å²) in [6.07, 6.45) is 2.93. The predicted octanol–water partition coefficient (Wildman–Crippen LogP) is 12.7. The number of morpholine rings is 1. The highest BCUT2D eigenvalue weighted by molar-refractivity contribution is 5.78. The molecule has 3 aliphatic heterocycles. The smallest absolute Gasteiger partial charge is 0.419 e. The average molecular weight is 1320 g/mol. The van der Waals surface area contributed by atoms with Crippen molar-refractivity contribution in [2.45, 2.75) is 185 Å². The summed E-state index contributed by atoms with van der Waals surface area (Å²) in [5.41, 5.74) is 20.8. The number of ether oxygens (including phenoxy) is 2. The van der Waals surface area contributed by atoms with Gasteiger partial charge in [0.1, 0.15) is 11.6 Å². The Morgan fingerprint density at radius 3 is 1.35 bits per heavy atom. The molecule has 6 aromatic heterocycles. The third-order valence-electron chi connectivity index (χ3n) is 21.3. The van der Waals surface area contributed by atoms with E-state index < -0.39 is 47.6 Å². The van der Waals surface area contributed by atoms with Gasteiger partial charge in [-0.05, 0) is 165 Å². The largest absolute Gasteiger partial charge is 0.431 e. The van der Waals surface area contributed by atoms with E-state index in [1.807, 2.05) is 69.7 Å². The quantitative estimate of drug-likeness (QED) is 0.0865. The first-order valence-corrected chi connectivity index (χ1v) is 32.8. The number of hydrogen-bond donors (Lipinski definition) is 3. The third-order valence-corrected chi connectivity index (χ3v) is 21.3. The van der Waals surface area contributed by atoms with Crippen molar-refractivity contribution in [2.75, 3.05) is 56.6 Å². The van der Waals surface area contributed by atoms with Gasteiger partial charge in [-0.25, -0.2) is 23.7 Å². The van der Waals surface area contributed by atoms with Gasteiger partial charge in [-0.3, -0.25) is 28.6 Å². The Bertz CT molecular complexity index is 3750. The molecule has 6 unspecified atom stereocenters. The highest BCUT2D eigenvalue weighted by atomic mass is 19.4. The highest BCUT2D eigenvalue weighted by Gasteiger charge is 2.62. The molecule has 1 amide bonds. The zero-order valence-corrected chi connectivity index (χ0v) is 53.5. The fourth-order valence-electron chi connectivity index (χ4n) is 16.8. The van der Waals surface area contributed by atoms with Crippen molar-refractivity contribution in [3.05, 3.63) is 83.2 Å². The monoisotopic (exact) mass is 1320 g/mol. The number of alkyl halides is 10. The zero-order valence-electron chi connectivity index (χ0n) is 53.5. The van der Waals surface area contributed by atoms with E-state index in [-0.39, 0.29) is 54.7 Å². The van der Waals surface area contributed by atoms with Gasteiger partial charge in [0.2, 0.25) is 5.91 Å². The molecule has 3 saturated heterocycles. The number of pyridine rings is 3. The number of nitrogen functional groups attached to an aromatic ring is 3. The van der Waals surface area contributed by atoms with Crippen LogP contribution in [0, 0.1) is 35.5 Å². The van der Waals surface area contributed by atoms with Crippen molar-refractivity contribution in [1.29, 1.82) is 0 Å². The second-order valence-electron chi connectivity index (χ2n) is 28.3. The van der Waals surface area contributed by atoms with Crippen LogP contribution in [0.3, 0.4) is 0 Å². The van der Waals surface area contributed by atoms with Gasteiger partial charge in [-0.2, -0.15) is 50.4 Å². The maximum atomic E-state index is 13.3. The molecule has 0 spiro atoms. The van der Waals surface area contributed by atoms with Crippen molar-refractivity contribution >= 4 is 23.4 Å². The highest BCUT2D eigenvalue weighted by Crippen LogP contribution is 2.67. The number of likely N-dealkylation sites (tertiary alicyclic amines) is 2. The number of carbonyl (C=O) groups excluding carboxylic acids is 1. The number of carbonyl (C=O) groups is 1. The number of amides is 1. The summed E-state index contributed by atoms with van der Waals surface area (Å²) in [5, 5.41) is 14.0. The molecular formula is C66H81F10N15O3. The van der Waals surface area contributed by atoms with E-state index in [0.29, 0.717) is 112 Å². The van der Waals surface area contributed by atoms with Crippen LogP contribution in [-0.4, -0.2) is 141 Å². The normalized spacial score (nSPS) is 29.3. The van der Waals surface area contributed by atoms with Gasteiger partial charge in [-0.15, -0.1) is 0 Å².